The molecule has 0 spiro atoms. The summed E-state index contributed by atoms with van der Waals surface area (Å²) < 4.78 is 26.1. The van der Waals surface area contributed by atoms with Gasteiger partial charge in [0.1, 0.15) is 11.9 Å². The number of ether oxygens (including phenoxy) is 2. The molecule has 0 unspecified atom stereocenters. The third-order valence-corrected chi connectivity index (χ3v) is 5.00. The second-order valence-electron chi connectivity index (χ2n) is 6.59. The summed E-state index contributed by atoms with van der Waals surface area (Å²) in [6.45, 7) is 5.92. The molecule has 23 heavy (non-hydrogen) atoms. The van der Waals surface area contributed by atoms with Crippen LogP contribution in [0, 0.1) is 5.82 Å². The van der Waals surface area contributed by atoms with Gasteiger partial charge in [-0.3, -0.25) is 4.90 Å². The molecule has 0 amide bonds. The number of morpholine rings is 1. The van der Waals surface area contributed by atoms with Crippen molar-refractivity contribution in [3.8, 4) is 0 Å². The number of piperazine rings is 1. The summed E-state index contributed by atoms with van der Waals surface area (Å²) in [5.74, 6) is -0.736. The van der Waals surface area contributed by atoms with Crippen molar-refractivity contribution >= 4 is 5.97 Å². The summed E-state index contributed by atoms with van der Waals surface area (Å²) in [4.78, 5) is 14.2. The Labute approximate surface area is 134 Å². The van der Waals surface area contributed by atoms with Gasteiger partial charge < -0.3 is 14.8 Å². The fourth-order valence-corrected chi connectivity index (χ4v) is 3.74. The number of carbonyl (C=O) groups is 1. The number of fused-ring (bicyclic) bond motifs is 2. The minimum Gasteiger partial charge on any atom is -0.459 e. The fourth-order valence-electron chi connectivity index (χ4n) is 3.74. The lowest BCUT2D eigenvalue weighted by Gasteiger charge is -2.43. The second-order valence-corrected chi connectivity index (χ2v) is 6.59. The number of carbonyl (C=O) groups excluding carboxylic acids is 1. The molecule has 0 radical (unpaired) electrons. The molecule has 0 aromatic heterocycles. The third-order valence-electron chi connectivity index (χ3n) is 5.00. The number of esters is 1. The number of hydrogen-bond donors (Lipinski definition) is 1. The van der Waals surface area contributed by atoms with Gasteiger partial charge in [0, 0.05) is 49.8 Å². The van der Waals surface area contributed by atoms with Crippen molar-refractivity contribution in [2.75, 3.05) is 32.8 Å². The lowest BCUT2D eigenvalue weighted by Crippen LogP contribution is -2.57. The van der Waals surface area contributed by atoms with Crippen LogP contribution in [-0.2, 0) is 15.9 Å². The van der Waals surface area contributed by atoms with Gasteiger partial charge in [-0.1, -0.05) is 6.07 Å². The quantitative estimate of drug-likeness (QED) is 0.790. The van der Waals surface area contributed by atoms with Crippen molar-refractivity contribution in [3.63, 3.8) is 0 Å². The second kappa shape index (κ2) is 5.85. The lowest BCUT2D eigenvalue weighted by atomic mass is 9.93. The van der Waals surface area contributed by atoms with E-state index in [9.17, 15) is 9.18 Å². The molecule has 0 aliphatic carbocycles. The van der Waals surface area contributed by atoms with Gasteiger partial charge in [0.15, 0.2) is 0 Å². The van der Waals surface area contributed by atoms with E-state index in [4.69, 9.17) is 9.47 Å². The molecular weight excluding hydrogens is 299 g/mol. The van der Waals surface area contributed by atoms with Gasteiger partial charge in [0.25, 0.3) is 0 Å². The zero-order valence-corrected chi connectivity index (χ0v) is 13.2. The zero-order valence-electron chi connectivity index (χ0n) is 13.2. The average Bonchev–Trinajstić information content (AvgIpc) is 2.55. The normalized spacial score (nSPS) is 31.2. The summed E-state index contributed by atoms with van der Waals surface area (Å²) >= 11 is 0. The predicted octanol–water partition coefficient (Wildman–Crippen LogP) is 1.27. The van der Waals surface area contributed by atoms with E-state index in [0.29, 0.717) is 42.3 Å². The van der Waals surface area contributed by atoms with Crippen molar-refractivity contribution in [2.24, 2.45) is 0 Å². The lowest BCUT2D eigenvalue weighted by molar-refractivity contribution is -0.0730. The Balaban J connectivity index is 1.62. The molecule has 5 nitrogen and oxygen atoms in total. The van der Waals surface area contributed by atoms with E-state index >= 15 is 0 Å². The maximum Gasteiger partial charge on any atom is 0.338 e. The Bertz CT molecular complexity index is 637. The maximum absolute atomic E-state index is 15.0. The predicted molar refractivity (Wildman–Crippen MR) is 81.9 cm³/mol. The highest BCUT2D eigenvalue weighted by Crippen LogP contribution is 2.32. The van der Waals surface area contributed by atoms with Crippen LogP contribution in [0.1, 0.15) is 34.5 Å². The van der Waals surface area contributed by atoms with Crippen LogP contribution in [0.3, 0.4) is 0 Å². The Morgan fingerprint density at radius 1 is 1.39 bits per heavy atom. The highest BCUT2D eigenvalue weighted by molar-refractivity contribution is 5.92. The van der Waals surface area contributed by atoms with Crippen LogP contribution in [0.25, 0.3) is 0 Å². The van der Waals surface area contributed by atoms with Gasteiger partial charge in [0.05, 0.1) is 18.3 Å². The first-order valence-corrected chi connectivity index (χ1v) is 8.22. The zero-order chi connectivity index (χ0) is 16.0. The van der Waals surface area contributed by atoms with Gasteiger partial charge in [-0.05, 0) is 13.0 Å². The van der Waals surface area contributed by atoms with E-state index in [1.807, 2.05) is 0 Å². The van der Waals surface area contributed by atoms with Gasteiger partial charge >= 0.3 is 5.97 Å². The van der Waals surface area contributed by atoms with Crippen LogP contribution >= 0.6 is 0 Å². The van der Waals surface area contributed by atoms with Crippen LogP contribution < -0.4 is 5.32 Å². The molecule has 1 N–H and O–H groups in total. The standard InChI is InChI=1S/C17H21FN2O3/c1-10-6-14-12(17(21)23-10)2-3-13(16(14)18)15-8-20-5-4-19-7-11(20)9-22-15/h2-3,10-11,15,19H,4-9H2,1H3/t10-,11+,15-/m0/s1. The number of nitrogens with zero attached hydrogens (tertiary/aromatic N) is 1. The molecule has 3 heterocycles. The van der Waals surface area contributed by atoms with E-state index in [-0.39, 0.29) is 18.0 Å². The molecule has 0 bridgehead atoms. The van der Waals surface area contributed by atoms with Crippen LogP contribution in [0.4, 0.5) is 4.39 Å². The first-order chi connectivity index (χ1) is 11.1. The van der Waals surface area contributed by atoms with E-state index < -0.39 is 5.97 Å². The Kier molecular flexibility index (Phi) is 3.83. The van der Waals surface area contributed by atoms with Crippen LogP contribution in [-0.4, -0.2) is 55.8 Å². The molecule has 3 aliphatic heterocycles. The molecule has 1 aromatic rings. The molecule has 124 valence electrons. The first kappa shape index (κ1) is 15.1. The van der Waals surface area contributed by atoms with E-state index in [1.165, 1.54) is 0 Å². The van der Waals surface area contributed by atoms with Crippen LogP contribution in [0.15, 0.2) is 12.1 Å². The Hall–Kier alpha value is -1.50. The molecule has 2 saturated heterocycles. The fraction of sp³-hybridized carbons (Fsp3) is 0.588. The van der Waals surface area contributed by atoms with Gasteiger partial charge in [-0.2, -0.15) is 0 Å². The topological polar surface area (TPSA) is 50.8 Å². The monoisotopic (exact) mass is 320 g/mol. The summed E-state index contributed by atoms with van der Waals surface area (Å²) in [5, 5.41) is 3.35. The summed E-state index contributed by atoms with van der Waals surface area (Å²) in [7, 11) is 0. The molecule has 0 saturated carbocycles. The van der Waals surface area contributed by atoms with Crippen LogP contribution in [0.2, 0.25) is 0 Å². The van der Waals surface area contributed by atoms with E-state index in [2.05, 4.69) is 10.2 Å². The third kappa shape index (κ3) is 2.65. The molecule has 3 atom stereocenters. The number of halogens is 1. The minimum absolute atomic E-state index is 0.275. The molecule has 4 rings (SSSR count). The van der Waals surface area contributed by atoms with Crippen molar-refractivity contribution < 1.29 is 18.7 Å². The number of cyclic esters (lactones) is 1. The van der Waals surface area contributed by atoms with Crippen LogP contribution in [0.5, 0.6) is 0 Å². The maximum atomic E-state index is 15.0. The summed E-state index contributed by atoms with van der Waals surface area (Å²) in [5.41, 5.74) is 1.38. The summed E-state index contributed by atoms with van der Waals surface area (Å²) in [6, 6.07) is 3.73. The van der Waals surface area contributed by atoms with Gasteiger partial charge in [-0.15, -0.1) is 0 Å². The number of nitrogens with one attached hydrogen (secondary N) is 1. The van der Waals surface area contributed by atoms with E-state index in [1.54, 1.807) is 19.1 Å². The average molecular weight is 320 g/mol. The molecule has 1 aromatic carbocycles. The number of benzene rings is 1. The first-order valence-electron chi connectivity index (χ1n) is 8.22. The van der Waals surface area contributed by atoms with Gasteiger partial charge in [-0.25, -0.2) is 9.18 Å². The minimum atomic E-state index is -0.434. The number of rotatable bonds is 1. The molecular formula is C17H21FN2O3. The smallest absolute Gasteiger partial charge is 0.338 e. The Morgan fingerprint density at radius 2 is 2.26 bits per heavy atom. The largest absolute Gasteiger partial charge is 0.459 e. The van der Waals surface area contributed by atoms with Gasteiger partial charge in [0.2, 0.25) is 0 Å². The number of hydrogen-bond acceptors (Lipinski definition) is 5. The summed E-state index contributed by atoms with van der Waals surface area (Å²) in [6.07, 6.45) is -0.142. The molecule has 6 heteroatoms. The van der Waals surface area contributed by atoms with Crippen molar-refractivity contribution in [2.45, 2.75) is 31.6 Å². The van der Waals surface area contributed by atoms with Crippen molar-refractivity contribution in [3.05, 3.63) is 34.6 Å². The highest BCUT2D eigenvalue weighted by Gasteiger charge is 2.34. The van der Waals surface area contributed by atoms with Crippen molar-refractivity contribution in [1.29, 1.82) is 0 Å². The van der Waals surface area contributed by atoms with Crippen molar-refractivity contribution in [1.82, 2.24) is 10.2 Å². The Morgan fingerprint density at radius 3 is 3.13 bits per heavy atom. The SMILES string of the molecule is C[C@H]1Cc2c(ccc([C@@H]3CN4CCNC[C@@H]4CO3)c2F)C(=O)O1. The highest BCUT2D eigenvalue weighted by atomic mass is 19.1. The van der Waals surface area contributed by atoms with E-state index in [0.717, 1.165) is 19.6 Å². The molecule has 3 aliphatic rings. The molecule has 2 fully saturated rings.